The second-order valence-electron chi connectivity index (χ2n) is 11.5. The number of carbonyl (C=O) groups excluding carboxylic acids is 1. The van der Waals surface area contributed by atoms with Crippen molar-refractivity contribution >= 4 is 33.5 Å². The van der Waals surface area contributed by atoms with E-state index < -0.39 is 5.82 Å². The number of halogens is 1. The van der Waals surface area contributed by atoms with Crippen LogP contribution in [0.25, 0.3) is 33.5 Å². The van der Waals surface area contributed by atoms with E-state index in [9.17, 15) is 4.79 Å². The molecule has 4 heterocycles. The van der Waals surface area contributed by atoms with Gasteiger partial charge in [0.1, 0.15) is 11.3 Å². The number of piperidine rings is 1. The lowest BCUT2D eigenvalue weighted by atomic mass is 9.79. The number of hydrogen-bond donors (Lipinski definition) is 2. The van der Waals surface area contributed by atoms with Crippen LogP contribution in [0.2, 0.25) is 0 Å². The van der Waals surface area contributed by atoms with Gasteiger partial charge in [0.05, 0.1) is 28.5 Å². The number of aryl methyl sites for hydroxylation is 1. The first-order valence-electron chi connectivity index (χ1n) is 13.6. The number of nitrogens with zero attached hydrogens (tertiary/aromatic N) is 4. The van der Waals surface area contributed by atoms with Crippen LogP contribution in [0.15, 0.2) is 36.4 Å². The van der Waals surface area contributed by atoms with Gasteiger partial charge in [0, 0.05) is 43.2 Å². The Morgan fingerprint density at radius 1 is 1.08 bits per heavy atom. The fraction of sp³-hybridized carbons (Fsp3) is 0.448. The maximum absolute atomic E-state index is 15.6. The summed E-state index contributed by atoms with van der Waals surface area (Å²) in [6.07, 6.45) is 5.75. The van der Waals surface area contributed by atoms with E-state index in [-0.39, 0.29) is 18.0 Å². The number of rotatable bonds is 3. The van der Waals surface area contributed by atoms with Crippen LogP contribution in [0.1, 0.15) is 48.5 Å². The van der Waals surface area contributed by atoms with Crippen molar-refractivity contribution in [3.8, 4) is 11.5 Å². The van der Waals surface area contributed by atoms with Crippen molar-refractivity contribution < 1.29 is 9.18 Å². The van der Waals surface area contributed by atoms with Gasteiger partial charge in [-0.05, 0) is 61.8 Å². The average molecular weight is 499 g/mol. The molecule has 4 aliphatic rings. The number of nitrogens with two attached hydrogens (primary N) is 1. The van der Waals surface area contributed by atoms with Crippen molar-refractivity contribution in [1.29, 1.82) is 0 Å². The Hall–Kier alpha value is -3.39. The number of para-hydroxylation sites is 1. The summed E-state index contributed by atoms with van der Waals surface area (Å²) in [6, 6.07) is 12.1. The number of amides is 1. The smallest absolute Gasteiger partial charge is 0.254 e. The zero-order chi connectivity index (χ0) is 25.0. The summed E-state index contributed by atoms with van der Waals surface area (Å²) in [7, 11) is 1.87. The third kappa shape index (κ3) is 2.90. The molecule has 190 valence electrons. The molecule has 2 saturated carbocycles. The van der Waals surface area contributed by atoms with E-state index >= 15 is 4.39 Å². The Bertz CT molecular complexity index is 1600. The fourth-order valence-corrected chi connectivity index (χ4v) is 7.55. The van der Waals surface area contributed by atoms with Gasteiger partial charge in [-0.2, -0.15) is 0 Å². The zero-order valence-electron chi connectivity index (χ0n) is 21.0. The average Bonchev–Trinajstić information content (AvgIpc) is 3.60. The summed E-state index contributed by atoms with van der Waals surface area (Å²) < 4.78 is 19.9. The molecule has 0 spiro atoms. The van der Waals surface area contributed by atoms with Crippen molar-refractivity contribution in [3.05, 3.63) is 47.8 Å². The zero-order valence-corrected chi connectivity index (χ0v) is 21.0. The van der Waals surface area contributed by atoms with Crippen LogP contribution in [0, 0.1) is 17.7 Å². The number of fused-ring (bicyclic) bond motifs is 3. The molecule has 3 fully saturated rings. The number of anilines is 1. The van der Waals surface area contributed by atoms with E-state index in [2.05, 4.69) is 34.1 Å². The van der Waals surface area contributed by atoms with Crippen LogP contribution in [0.5, 0.6) is 0 Å². The first-order chi connectivity index (χ1) is 18.0. The summed E-state index contributed by atoms with van der Waals surface area (Å²) >= 11 is 0. The molecule has 4 atom stereocenters. The minimum atomic E-state index is -0.414. The molecule has 37 heavy (non-hydrogen) atoms. The molecule has 2 aliphatic carbocycles. The first kappa shape index (κ1) is 21.7. The van der Waals surface area contributed by atoms with Crippen molar-refractivity contribution in [2.45, 2.75) is 50.2 Å². The van der Waals surface area contributed by atoms with Gasteiger partial charge >= 0.3 is 0 Å². The van der Waals surface area contributed by atoms with Gasteiger partial charge in [0.15, 0.2) is 5.82 Å². The predicted molar refractivity (Wildman–Crippen MR) is 142 cm³/mol. The molecule has 8 rings (SSSR count). The molecule has 2 bridgehead atoms. The standard InChI is InChI=1S/C29H31FN6O/c1-34-27-19(30)10-18(29(37)35-14-17-8-9-22(35)25(17)31)11-21(27)33-28(34)23-12-16-6-3-7-20-26(16)36(23)24(13-32-20)15-4-2-5-15/h3,6-7,10-12,15,17,22,24-25,32H,2,4-5,8-9,13-14,31H2,1H3/t17-,22-,24?,25-/m1/s1. The Morgan fingerprint density at radius 2 is 1.95 bits per heavy atom. The van der Waals surface area contributed by atoms with Crippen LogP contribution >= 0.6 is 0 Å². The molecular weight excluding hydrogens is 467 g/mol. The highest BCUT2D eigenvalue weighted by atomic mass is 19.1. The minimum Gasteiger partial charge on any atom is -0.381 e. The van der Waals surface area contributed by atoms with Crippen molar-refractivity contribution in [2.24, 2.45) is 24.6 Å². The molecule has 0 radical (unpaired) electrons. The Labute approximate surface area is 214 Å². The van der Waals surface area contributed by atoms with E-state index in [1.807, 2.05) is 16.5 Å². The highest BCUT2D eigenvalue weighted by molar-refractivity contribution is 6.00. The van der Waals surface area contributed by atoms with Crippen LogP contribution in [-0.2, 0) is 7.05 Å². The third-order valence-electron chi connectivity index (χ3n) is 9.70. The maximum atomic E-state index is 15.6. The van der Waals surface area contributed by atoms with Gasteiger partial charge in [-0.3, -0.25) is 4.79 Å². The molecule has 1 amide bonds. The number of hydrogen-bond acceptors (Lipinski definition) is 4. The number of carbonyl (C=O) groups is 1. The summed E-state index contributed by atoms with van der Waals surface area (Å²) in [5, 5.41) is 4.80. The van der Waals surface area contributed by atoms with Crippen molar-refractivity contribution in [2.75, 3.05) is 18.4 Å². The highest BCUT2D eigenvalue weighted by Gasteiger charge is 2.47. The van der Waals surface area contributed by atoms with E-state index in [4.69, 9.17) is 10.7 Å². The summed E-state index contributed by atoms with van der Waals surface area (Å²) in [5.41, 5.74) is 11.0. The Kier molecular flexibility index (Phi) is 4.43. The second kappa shape index (κ2) is 7.57. The molecule has 2 aromatic carbocycles. The van der Waals surface area contributed by atoms with Gasteiger partial charge in [-0.15, -0.1) is 0 Å². The molecule has 2 aliphatic heterocycles. The number of likely N-dealkylation sites (tertiary alicyclic amines) is 1. The first-order valence-corrected chi connectivity index (χ1v) is 13.6. The van der Waals surface area contributed by atoms with Crippen molar-refractivity contribution in [3.63, 3.8) is 0 Å². The van der Waals surface area contributed by atoms with Crippen LogP contribution in [-0.4, -0.2) is 50.1 Å². The molecule has 1 unspecified atom stereocenters. The number of benzene rings is 2. The monoisotopic (exact) mass is 498 g/mol. The third-order valence-corrected chi connectivity index (χ3v) is 9.70. The number of aromatic nitrogens is 3. The predicted octanol–water partition coefficient (Wildman–Crippen LogP) is 4.66. The van der Waals surface area contributed by atoms with E-state index in [0.29, 0.717) is 41.0 Å². The van der Waals surface area contributed by atoms with Gasteiger partial charge in [0.25, 0.3) is 5.91 Å². The minimum absolute atomic E-state index is 0.0301. The largest absolute Gasteiger partial charge is 0.381 e. The van der Waals surface area contributed by atoms with Crippen molar-refractivity contribution in [1.82, 2.24) is 19.0 Å². The summed E-state index contributed by atoms with van der Waals surface area (Å²) in [5.74, 6) is 1.16. The van der Waals surface area contributed by atoms with Gasteiger partial charge < -0.3 is 25.1 Å². The second-order valence-corrected chi connectivity index (χ2v) is 11.5. The quantitative estimate of drug-likeness (QED) is 0.431. The Balaban J connectivity index is 1.26. The maximum Gasteiger partial charge on any atom is 0.254 e. The lowest BCUT2D eigenvalue weighted by Crippen LogP contribution is -2.41. The normalized spacial score (nSPS) is 26.7. The highest BCUT2D eigenvalue weighted by Crippen LogP contribution is 2.45. The lowest BCUT2D eigenvalue weighted by molar-refractivity contribution is 0.0700. The van der Waals surface area contributed by atoms with E-state index in [1.54, 1.807) is 6.07 Å². The van der Waals surface area contributed by atoms with Gasteiger partial charge in [-0.25, -0.2) is 9.37 Å². The van der Waals surface area contributed by atoms with E-state index in [1.165, 1.54) is 30.8 Å². The molecule has 8 heteroatoms. The van der Waals surface area contributed by atoms with Crippen LogP contribution < -0.4 is 11.1 Å². The van der Waals surface area contributed by atoms with Crippen LogP contribution in [0.3, 0.4) is 0 Å². The molecule has 7 nitrogen and oxygen atoms in total. The van der Waals surface area contributed by atoms with Gasteiger partial charge in [-0.1, -0.05) is 18.6 Å². The molecule has 4 aromatic rings. The lowest BCUT2D eigenvalue weighted by Gasteiger charge is -2.39. The number of imidazole rings is 1. The SMILES string of the molecule is Cn1c(-c2cc3cccc4c3n2C(C2CCC2)CN4)nc2cc(C(=O)N3C[C@H]4CC[C@@H]3[C@@H]4N)cc(F)c21. The summed E-state index contributed by atoms with van der Waals surface area (Å²) in [4.78, 5) is 20.2. The Morgan fingerprint density at radius 3 is 2.68 bits per heavy atom. The summed E-state index contributed by atoms with van der Waals surface area (Å²) in [6.45, 7) is 1.55. The molecular formula is C29H31FN6O. The number of nitrogens with one attached hydrogen (secondary N) is 1. The topological polar surface area (TPSA) is 81.1 Å². The van der Waals surface area contributed by atoms with E-state index in [0.717, 1.165) is 42.0 Å². The fourth-order valence-electron chi connectivity index (χ4n) is 7.55. The molecule has 3 N–H and O–H groups in total. The van der Waals surface area contributed by atoms with Crippen LogP contribution in [0.4, 0.5) is 10.1 Å². The van der Waals surface area contributed by atoms with Gasteiger partial charge in [0.2, 0.25) is 0 Å². The molecule has 1 saturated heterocycles. The molecule has 2 aromatic heterocycles.